The van der Waals surface area contributed by atoms with Gasteiger partial charge in [0.2, 0.25) is 0 Å². The van der Waals surface area contributed by atoms with Gasteiger partial charge < -0.3 is 9.53 Å². The molecule has 2 heteroatoms. The zero-order valence-electron chi connectivity index (χ0n) is 9.62. The second-order valence-corrected chi connectivity index (χ2v) is 3.74. The molecule has 2 nitrogen and oxygen atoms in total. The smallest absolute Gasteiger partial charge is 0.121 e. The molecule has 0 fully saturated rings. The Bertz CT molecular complexity index is 331. The largest absolute Gasteiger partial charge is 0.496 e. The van der Waals surface area contributed by atoms with Crippen molar-refractivity contribution in [2.24, 2.45) is 0 Å². The Hall–Kier alpha value is -1.31. The number of ether oxygens (including phenoxy) is 1. The van der Waals surface area contributed by atoms with E-state index in [-0.39, 0.29) is 0 Å². The molecule has 0 aliphatic carbocycles. The summed E-state index contributed by atoms with van der Waals surface area (Å²) in [7, 11) is 1.67. The predicted molar refractivity (Wildman–Crippen MR) is 61.4 cm³/mol. The molecular formula is C13H18O2. The van der Waals surface area contributed by atoms with Crippen molar-refractivity contribution in [1.29, 1.82) is 0 Å². The zero-order valence-corrected chi connectivity index (χ0v) is 9.62. The maximum Gasteiger partial charge on any atom is 0.121 e. The molecule has 0 spiro atoms. The minimum Gasteiger partial charge on any atom is -0.496 e. The predicted octanol–water partition coefficient (Wildman–Crippen LogP) is 3.09. The molecule has 0 saturated carbocycles. The number of hydrogen-bond acceptors (Lipinski definition) is 2. The Labute approximate surface area is 91.3 Å². The molecule has 82 valence electrons. The van der Waals surface area contributed by atoms with E-state index >= 15 is 0 Å². The summed E-state index contributed by atoms with van der Waals surface area (Å²) in [6.07, 6.45) is 2.58. The molecule has 0 aliphatic heterocycles. The molecule has 0 bridgehead atoms. The van der Waals surface area contributed by atoms with Gasteiger partial charge in [-0.25, -0.2) is 0 Å². The first-order valence-electron chi connectivity index (χ1n) is 5.31. The highest BCUT2D eigenvalue weighted by molar-refractivity contribution is 5.52. The summed E-state index contributed by atoms with van der Waals surface area (Å²) < 4.78 is 5.20. The monoisotopic (exact) mass is 206 g/mol. The number of aryl methyl sites for hydroxylation is 1. The number of carbonyl (C=O) groups is 1. The van der Waals surface area contributed by atoms with Crippen molar-refractivity contribution in [1.82, 2.24) is 0 Å². The van der Waals surface area contributed by atoms with Crippen molar-refractivity contribution in [3.63, 3.8) is 0 Å². The molecule has 1 aromatic carbocycles. The number of carbonyl (C=O) groups excluding carboxylic acids is 1. The van der Waals surface area contributed by atoms with Gasteiger partial charge in [-0.3, -0.25) is 0 Å². The SMILES string of the molecule is CCC(CC=O)c1ccc(OC)c(C)c1. The Kier molecular flexibility index (Phi) is 4.35. The van der Waals surface area contributed by atoms with Crippen molar-refractivity contribution in [3.05, 3.63) is 29.3 Å². The summed E-state index contributed by atoms with van der Waals surface area (Å²) in [4.78, 5) is 10.5. The van der Waals surface area contributed by atoms with Crippen LogP contribution >= 0.6 is 0 Å². The van der Waals surface area contributed by atoms with Gasteiger partial charge in [0.25, 0.3) is 0 Å². The van der Waals surface area contributed by atoms with Gasteiger partial charge in [-0.15, -0.1) is 0 Å². The van der Waals surface area contributed by atoms with Crippen LogP contribution in [-0.2, 0) is 4.79 Å². The molecule has 0 aliphatic rings. The Morgan fingerprint density at radius 3 is 2.67 bits per heavy atom. The lowest BCUT2D eigenvalue weighted by Gasteiger charge is -2.14. The fourth-order valence-corrected chi connectivity index (χ4v) is 1.81. The van der Waals surface area contributed by atoms with Crippen LogP contribution in [0.1, 0.15) is 36.8 Å². The van der Waals surface area contributed by atoms with E-state index in [1.807, 2.05) is 19.1 Å². The summed E-state index contributed by atoms with van der Waals surface area (Å²) in [5.74, 6) is 1.24. The van der Waals surface area contributed by atoms with Crippen LogP contribution in [-0.4, -0.2) is 13.4 Å². The van der Waals surface area contributed by atoms with E-state index in [4.69, 9.17) is 4.74 Å². The highest BCUT2D eigenvalue weighted by Crippen LogP contribution is 2.27. The van der Waals surface area contributed by atoms with E-state index in [9.17, 15) is 4.79 Å². The van der Waals surface area contributed by atoms with Crippen LogP contribution in [0.3, 0.4) is 0 Å². The lowest BCUT2D eigenvalue weighted by atomic mass is 9.92. The Balaban J connectivity index is 2.94. The van der Waals surface area contributed by atoms with E-state index in [0.717, 1.165) is 24.0 Å². The van der Waals surface area contributed by atoms with Gasteiger partial charge in [0.15, 0.2) is 0 Å². The summed E-state index contributed by atoms with van der Waals surface area (Å²) in [5, 5.41) is 0. The fourth-order valence-electron chi connectivity index (χ4n) is 1.81. The molecule has 1 unspecified atom stereocenters. The molecule has 15 heavy (non-hydrogen) atoms. The second-order valence-electron chi connectivity index (χ2n) is 3.74. The Morgan fingerprint density at radius 1 is 1.47 bits per heavy atom. The molecule has 0 amide bonds. The summed E-state index contributed by atoms with van der Waals surface area (Å²) >= 11 is 0. The lowest BCUT2D eigenvalue weighted by Crippen LogP contribution is -1.99. The molecular weight excluding hydrogens is 188 g/mol. The zero-order chi connectivity index (χ0) is 11.3. The van der Waals surface area contributed by atoms with Crippen LogP contribution in [0.15, 0.2) is 18.2 Å². The first kappa shape index (κ1) is 11.8. The van der Waals surface area contributed by atoms with Crippen LogP contribution in [0.25, 0.3) is 0 Å². The number of methoxy groups -OCH3 is 1. The minimum atomic E-state index is 0.340. The van der Waals surface area contributed by atoms with Crippen molar-refractivity contribution in [2.45, 2.75) is 32.6 Å². The topological polar surface area (TPSA) is 26.3 Å². The van der Waals surface area contributed by atoms with Gasteiger partial charge in [-0.2, -0.15) is 0 Å². The number of hydrogen-bond donors (Lipinski definition) is 0. The van der Waals surface area contributed by atoms with Gasteiger partial charge in [0.1, 0.15) is 12.0 Å². The molecule has 1 aromatic rings. The summed E-state index contributed by atoms with van der Waals surface area (Å²) in [5.41, 5.74) is 2.35. The van der Waals surface area contributed by atoms with Crippen LogP contribution in [0.5, 0.6) is 5.75 Å². The fraction of sp³-hybridized carbons (Fsp3) is 0.462. The highest BCUT2D eigenvalue weighted by atomic mass is 16.5. The van der Waals surface area contributed by atoms with E-state index in [1.54, 1.807) is 7.11 Å². The van der Waals surface area contributed by atoms with E-state index in [2.05, 4.69) is 13.0 Å². The van der Waals surface area contributed by atoms with Gasteiger partial charge in [-0.1, -0.05) is 19.1 Å². The standard InChI is InChI=1S/C13H18O2/c1-4-11(7-8-14)12-5-6-13(15-3)10(2)9-12/h5-6,8-9,11H,4,7H2,1-3H3. The van der Waals surface area contributed by atoms with Crippen molar-refractivity contribution >= 4 is 6.29 Å². The lowest BCUT2D eigenvalue weighted by molar-refractivity contribution is -0.108. The van der Waals surface area contributed by atoms with Crippen LogP contribution < -0.4 is 4.74 Å². The molecule has 1 atom stereocenters. The van der Waals surface area contributed by atoms with Gasteiger partial charge in [0.05, 0.1) is 7.11 Å². The highest BCUT2D eigenvalue weighted by Gasteiger charge is 2.10. The molecule has 0 N–H and O–H groups in total. The third-order valence-electron chi connectivity index (χ3n) is 2.76. The number of rotatable bonds is 5. The van der Waals surface area contributed by atoms with Gasteiger partial charge >= 0.3 is 0 Å². The number of benzene rings is 1. The van der Waals surface area contributed by atoms with Crippen molar-refractivity contribution in [3.8, 4) is 5.75 Å². The maximum absolute atomic E-state index is 10.5. The molecule has 0 aromatic heterocycles. The number of aldehydes is 1. The van der Waals surface area contributed by atoms with Crippen LogP contribution in [0.2, 0.25) is 0 Å². The van der Waals surface area contributed by atoms with E-state index < -0.39 is 0 Å². The third kappa shape index (κ3) is 2.82. The quantitative estimate of drug-likeness (QED) is 0.692. The average molecular weight is 206 g/mol. The van der Waals surface area contributed by atoms with Crippen molar-refractivity contribution in [2.75, 3.05) is 7.11 Å². The van der Waals surface area contributed by atoms with Crippen molar-refractivity contribution < 1.29 is 9.53 Å². The maximum atomic E-state index is 10.5. The van der Waals surface area contributed by atoms with Gasteiger partial charge in [-0.05, 0) is 36.5 Å². The molecule has 0 heterocycles. The van der Waals surface area contributed by atoms with E-state index in [1.165, 1.54) is 5.56 Å². The van der Waals surface area contributed by atoms with Crippen LogP contribution in [0, 0.1) is 6.92 Å². The first-order valence-corrected chi connectivity index (χ1v) is 5.31. The first-order chi connectivity index (χ1) is 7.22. The second kappa shape index (κ2) is 5.54. The minimum absolute atomic E-state index is 0.340. The molecule has 0 radical (unpaired) electrons. The summed E-state index contributed by atoms with van der Waals surface area (Å²) in [6.45, 7) is 4.13. The molecule has 0 saturated heterocycles. The van der Waals surface area contributed by atoms with Gasteiger partial charge in [0, 0.05) is 6.42 Å². The summed E-state index contributed by atoms with van der Waals surface area (Å²) in [6, 6.07) is 6.12. The Morgan fingerprint density at radius 2 is 2.20 bits per heavy atom. The van der Waals surface area contributed by atoms with Crippen LogP contribution in [0.4, 0.5) is 0 Å². The van der Waals surface area contributed by atoms with E-state index in [0.29, 0.717) is 12.3 Å². The third-order valence-corrected chi connectivity index (χ3v) is 2.76. The molecule has 1 rings (SSSR count). The average Bonchev–Trinajstić information content (AvgIpc) is 2.25. The normalized spacial score (nSPS) is 12.2.